The van der Waals surface area contributed by atoms with Crippen molar-refractivity contribution in [2.45, 2.75) is 51.9 Å². The number of amides is 1. The first kappa shape index (κ1) is 19.9. The Bertz CT molecular complexity index is 872. The number of hydrogen-bond donors (Lipinski definition) is 1. The molecule has 0 aliphatic heterocycles. The van der Waals surface area contributed by atoms with Gasteiger partial charge in [0, 0.05) is 0 Å². The molecule has 4 heteroatoms. The third-order valence-corrected chi connectivity index (χ3v) is 5.44. The zero-order valence-corrected chi connectivity index (χ0v) is 16.9. The largest absolute Gasteiger partial charge is 0.493 e. The van der Waals surface area contributed by atoms with Crippen LogP contribution < -0.4 is 10.1 Å². The van der Waals surface area contributed by atoms with Crippen molar-refractivity contribution in [3.05, 3.63) is 59.2 Å². The average molecular weight is 377 g/mol. The maximum Gasteiger partial charge on any atom is 0.235 e. The second-order valence-electron chi connectivity index (χ2n) is 8.13. The first-order chi connectivity index (χ1) is 13.4. The molecule has 0 aromatic heterocycles. The van der Waals surface area contributed by atoms with E-state index in [1.807, 2.05) is 13.0 Å². The van der Waals surface area contributed by atoms with Crippen LogP contribution in [-0.4, -0.2) is 12.5 Å². The van der Waals surface area contributed by atoms with Crippen LogP contribution in [0.5, 0.6) is 5.75 Å². The van der Waals surface area contributed by atoms with Crippen molar-refractivity contribution in [1.82, 2.24) is 0 Å². The Morgan fingerprint density at radius 2 is 1.86 bits per heavy atom. The number of carbonyl (C=O) groups excluding carboxylic acids is 1. The van der Waals surface area contributed by atoms with Crippen molar-refractivity contribution in [2.75, 3.05) is 11.9 Å². The Morgan fingerprint density at radius 3 is 2.46 bits per heavy atom. The highest BCUT2D eigenvalue weighted by Gasteiger charge is 2.42. The van der Waals surface area contributed by atoms with Gasteiger partial charge in [-0.05, 0) is 49.4 Å². The Morgan fingerprint density at radius 1 is 1.18 bits per heavy atom. The normalized spacial score (nSPS) is 15.2. The molecule has 0 unspecified atom stereocenters. The quantitative estimate of drug-likeness (QED) is 0.739. The molecule has 0 heterocycles. The number of carbonyl (C=O) groups is 1. The first-order valence-corrected chi connectivity index (χ1v) is 10.00. The van der Waals surface area contributed by atoms with Gasteiger partial charge in [0.1, 0.15) is 11.8 Å². The maximum absolute atomic E-state index is 13.3. The summed E-state index contributed by atoms with van der Waals surface area (Å²) in [6.07, 6.45) is 3.74. The van der Waals surface area contributed by atoms with Crippen molar-refractivity contribution in [3.63, 3.8) is 0 Å². The van der Waals surface area contributed by atoms with Crippen molar-refractivity contribution >= 4 is 11.6 Å². The van der Waals surface area contributed by atoms with Crippen LogP contribution in [0, 0.1) is 24.2 Å². The number of anilines is 1. The van der Waals surface area contributed by atoms with Crippen LogP contribution in [0.1, 0.15) is 56.2 Å². The molecule has 2 aromatic carbocycles. The van der Waals surface area contributed by atoms with E-state index in [2.05, 4.69) is 49.5 Å². The monoisotopic (exact) mass is 376 g/mol. The molecule has 146 valence electrons. The van der Waals surface area contributed by atoms with E-state index in [0.29, 0.717) is 29.5 Å². The van der Waals surface area contributed by atoms with Gasteiger partial charge in [0.15, 0.2) is 0 Å². The number of aryl methyl sites for hydroxylation is 1. The van der Waals surface area contributed by atoms with E-state index in [-0.39, 0.29) is 5.91 Å². The molecular weight excluding hydrogens is 348 g/mol. The van der Waals surface area contributed by atoms with E-state index in [1.54, 1.807) is 12.1 Å². The fraction of sp³-hybridized carbons (Fsp3) is 0.417. The predicted octanol–water partition coefficient (Wildman–Crippen LogP) is 5.35. The fourth-order valence-corrected chi connectivity index (χ4v) is 3.82. The first-order valence-electron chi connectivity index (χ1n) is 10.00. The van der Waals surface area contributed by atoms with Gasteiger partial charge in [-0.25, -0.2) is 0 Å². The zero-order valence-electron chi connectivity index (χ0n) is 16.9. The highest BCUT2D eigenvalue weighted by Crippen LogP contribution is 2.42. The van der Waals surface area contributed by atoms with Gasteiger partial charge in [0.05, 0.1) is 23.3 Å². The number of benzene rings is 2. The smallest absolute Gasteiger partial charge is 0.235 e. The van der Waals surface area contributed by atoms with E-state index < -0.39 is 5.41 Å². The molecule has 0 atom stereocenters. The summed E-state index contributed by atoms with van der Waals surface area (Å²) in [5.74, 6) is 1.03. The number of nitrogens with one attached hydrogen (secondary N) is 1. The van der Waals surface area contributed by atoms with Gasteiger partial charge in [0.2, 0.25) is 5.91 Å². The molecule has 0 radical (unpaired) electrons. The molecule has 28 heavy (non-hydrogen) atoms. The topological polar surface area (TPSA) is 62.1 Å². The molecule has 4 nitrogen and oxygen atoms in total. The molecule has 0 saturated heterocycles. The maximum atomic E-state index is 13.3. The van der Waals surface area contributed by atoms with Gasteiger partial charge < -0.3 is 10.1 Å². The lowest BCUT2D eigenvalue weighted by Gasteiger charge is -2.28. The molecule has 1 amide bonds. The third-order valence-electron chi connectivity index (χ3n) is 5.44. The lowest BCUT2D eigenvalue weighted by atomic mass is 9.77. The molecule has 1 saturated carbocycles. The summed E-state index contributed by atoms with van der Waals surface area (Å²) >= 11 is 0. The van der Waals surface area contributed by atoms with E-state index in [4.69, 9.17) is 4.74 Å². The lowest BCUT2D eigenvalue weighted by molar-refractivity contribution is -0.121. The average Bonchev–Trinajstić information content (AvgIpc) is 3.18. The summed E-state index contributed by atoms with van der Waals surface area (Å²) < 4.78 is 5.71. The minimum absolute atomic E-state index is 0.0267. The van der Waals surface area contributed by atoms with E-state index in [9.17, 15) is 10.1 Å². The second-order valence-corrected chi connectivity index (χ2v) is 8.13. The summed E-state index contributed by atoms with van der Waals surface area (Å²) in [7, 11) is 0. The molecule has 0 spiro atoms. The van der Waals surface area contributed by atoms with Crippen LogP contribution in [0.2, 0.25) is 0 Å². The summed E-state index contributed by atoms with van der Waals surface area (Å²) in [5.41, 5.74) is 2.69. The molecule has 1 N–H and O–H groups in total. The minimum Gasteiger partial charge on any atom is -0.493 e. The second kappa shape index (κ2) is 8.48. The third kappa shape index (κ3) is 4.20. The number of nitriles is 1. The van der Waals surface area contributed by atoms with Gasteiger partial charge in [-0.1, -0.05) is 56.5 Å². The molecule has 1 aliphatic carbocycles. The number of hydrogen-bond acceptors (Lipinski definition) is 3. The summed E-state index contributed by atoms with van der Waals surface area (Å²) in [6, 6.07) is 15.7. The molecule has 1 fully saturated rings. The van der Waals surface area contributed by atoms with Gasteiger partial charge >= 0.3 is 0 Å². The number of nitrogens with zero attached hydrogens (tertiary/aromatic N) is 1. The molecular formula is C24H28N2O2. The molecule has 0 bridgehead atoms. The summed E-state index contributed by atoms with van der Waals surface area (Å²) in [5, 5.41) is 12.6. The SMILES string of the molecule is Cc1ccc(C2(C(=O)Nc3ccc(OCC(C)C)cc3C#N)CCCC2)cc1. The Hall–Kier alpha value is -2.80. The van der Waals surface area contributed by atoms with E-state index in [0.717, 1.165) is 31.2 Å². The van der Waals surface area contributed by atoms with Gasteiger partial charge in [0.25, 0.3) is 0 Å². The highest BCUT2D eigenvalue weighted by atomic mass is 16.5. The fourth-order valence-electron chi connectivity index (χ4n) is 3.82. The van der Waals surface area contributed by atoms with Crippen molar-refractivity contribution in [3.8, 4) is 11.8 Å². The number of rotatable bonds is 6. The summed E-state index contributed by atoms with van der Waals surface area (Å²) in [4.78, 5) is 13.3. The molecule has 3 rings (SSSR count). The number of ether oxygens (including phenoxy) is 1. The Balaban J connectivity index is 1.84. The van der Waals surface area contributed by atoms with Crippen LogP contribution in [0.15, 0.2) is 42.5 Å². The standard InChI is InChI=1S/C24H28N2O2/c1-17(2)16-28-21-10-11-22(19(14-21)15-25)26-23(27)24(12-4-5-13-24)20-8-6-18(3)7-9-20/h6-11,14,17H,4-5,12-13,16H2,1-3H3,(H,26,27). The highest BCUT2D eigenvalue weighted by molar-refractivity contribution is 6.00. The van der Waals surface area contributed by atoms with Crippen molar-refractivity contribution in [2.24, 2.45) is 5.92 Å². The zero-order chi connectivity index (χ0) is 20.1. The lowest BCUT2D eigenvalue weighted by Crippen LogP contribution is -2.38. The predicted molar refractivity (Wildman–Crippen MR) is 111 cm³/mol. The van der Waals surface area contributed by atoms with Crippen LogP contribution in [0.3, 0.4) is 0 Å². The van der Waals surface area contributed by atoms with E-state index in [1.165, 1.54) is 5.56 Å². The molecule has 2 aromatic rings. The van der Waals surface area contributed by atoms with Crippen LogP contribution in [0.25, 0.3) is 0 Å². The van der Waals surface area contributed by atoms with Crippen LogP contribution >= 0.6 is 0 Å². The van der Waals surface area contributed by atoms with Crippen molar-refractivity contribution in [1.29, 1.82) is 5.26 Å². The Labute approximate surface area is 167 Å². The van der Waals surface area contributed by atoms with Crippen LogP contribution in [-0.2, 0) is 10.2 Å². The van der Waals surface area contributed by atoms with E-state index >= 15 is 0 Å². The van der Waals surface area contributed by atoms with Gasteiger partial charge in [-0.15, -0.1) is 0 Å². The van der Waals surface area contributed by atoms with Crippen molar-refractivity contribution < 1.29 is 9.53 Å². The minimum atomic E-state index is -0.521. The van der Waals surface area contributed by atoms with Gasteiger partial charge in [-0.3, -0.25) is 4.79 Å². The summed E-state index contributed by atoms with van der Waals surface area (Å²) in [6.45, 7) is 6.79. The van der Waals surface area contributed by atoms with Gasteiger partial charge in [-0.2, -0.15) is 5.26 Å². The van der Waals surface area contributed by atoms with Crippen LogP contribution in [0.4, 0.5) is 5.69 Å². The molecule has 1 aliphatic rings. The Kier molecular flexibility index (Phi) is 6.04.